The van der Waals surface area contributed by atoms with Gasteiger partial charge in [-0.15, -0.1) is 0 Å². The zero-order valence-corrected chi connectivity index (χ0v) is 11.7. The molecular formula is C15H22N2O2. The van der Waals surface area contributed by atoms with Gasteiger partial charge in [-0.1, -0.05) is 13.3 Å². The Balaban J connectivity index is 2.00. The quantitative estimate of drug-likeness (QED) is 0.632. The van der Waals surface area contributed by atoms with E-state index >= 15 is 0 Å². The molecule has 0 amide bonds. The largest absolute Gasteiger partial charge is 0.462 e. The second kappa shape index (κ2) is 5.51. The predicted octanol–water partition coefficient (Wildman–Crippen LogP) is 3.05. The molecule has 1 saturated carbocycles. The van der Waals surface area contributed by atoms with Crippen LogP contribution in [0.25, 0.3) is 0 Å². The SMILES string of the molecule is CCOC(=O)c1ccc(NCC2(C)CCC2)c(N)c1. The number of carbonyl (C=O) groups is 1. The Kier molecular flexibility index (Phi) is 3.98. The zero-order chi connectivity index (χ0) is 13.9. The highest BCUT2D eigenvalue weighted by Gasteiger charge is 2.31. The third kappa shape index (κ3) is 3.19. The van der Waals surface area contributed by atoms with Crippen molar-refractivity contribution in [2.45, 2.75) is 33.1 Å². The normalized spacial score (nSPS) is 16.5. The van der Waals surface area contributed by atoms with Crippen molar-refractivity contribution >= 4 is 17.3 Å². The van der Waals surface area contributed by atoms with Crippen molar-refractivity contribution < 1.29 is 9.53 Å². The number of hydrogen-bond acceptors (Lipinski definition) is 4. The maximum absolute atomic E-state index is 11.6. The molecule has 3 N–H and O–H groups in total. The molecule has 0 spiro atoms. The first-order valence-electron chi connectivity index (χ1n) is 6.84. The average molecular weight is 262 g/mol. The Labute approximate surface area is 114 Å². The summed E-state index contributed by atoms with van der Waals surface area (Å²) in [7, 11) is 0. The number of nitrogens with two attached hydrogens (primary N) is 1. The van der Waals surface area contributed by atoms with Crippen LogP contribution in [0.4, 0.5) is 11.4 Å². The first-order valence-corrected chi connectivity index (χ1v) is 6.84. The Morgan fingerprint density at radius 1 is 1.47 bits per heavy atom. The Morgan fingerprint density at radius 2 is 2.21 bits per heavy atom. The molecule has 1 aliphatic rings. The highest BCUT2D eigenvalue weighted by molar-refractivity contribution is 5.91. The van der Waals surface area contributed by atoms with Crippen LogP contribution in [0.1, 0.15) is 43.5 Å². The molecule has 104 valence electrons. The summed E-state index contributed by atoms with van der Waals surface area (Å²) in [5.74, 6) is -0.327. The summed E-state index contributed by atoms with van der Waals surface area (Å²) in [6, 6.07) is 5.27. The van der Waals surface area contributed by atoms with E-state index in [2.05, 4.69) is 12.2 Å². The third-order valence-electron chi connectivity index (χ3n) is 3.83. The molecule has 0 bridgehead atoms. The summed E-state index contributed by atoms with van der Waals surface area (Å²) in [4.78, 5) is 11.6. The Morgan fingerprint density at radius 3 is 2.74 bits per heavy atom. The van der Waals surface area contributed by atoms with Crippen LogP contribution in [0.15, 0.2) is 18.2 Å². The molecule has 1 aromatic rings. The van der Waals surface area contributed by atoms with Gasteiger partial charge in [0.05, 0.1) is 23.5 Å². The fourth-order valence-electron chi connectivity index (χ4n) is 2.33. The molecule has 1 aliphatic carbocycles. The molecule has 4 nitrogen and oxygen atoms in total. The second-order valence-corrected chi connectivity index (χ2v) is 5.54. The molecule has 0 aliphatic heterocycles. The Bertz CT molecular complexity index is 467. The summed E-state index contributed by atoms with van der Waals surface area (Å²) in [5.41, 5.74) is 8.35. The number of anilines is 2. The van der Waals surface area contributed by atoms with Crippen LogP contribution < -0.4 is 11.1 Å². The second-order valence-electron chi connectivity index (χ2n) is 5.54. The van der Waals surface area contributed by atoms with E-state index in [0.29, 0.717) is 23.3 Å². The van der Waals surface area contributed by atoms with Gasteiger partial charge in [-0.2, -0.15) is 0 Å². The number of benzene rings is 1. The van der Waals surface area contributed by atoms with E-state index in [1.807, 2.05) is 6.07 Å². The topological polar surface area (TPSA) is 64.3 Å². The summed E-state index contributed by atoms with van der Waals surface area (Å²) in [6.07, 6.45) is 3.84. The molecular weight excluding hydrogens is 240 g/mol. The lowest BCUT2D eigenvalue weighted by atomic mass is 9.70. The average Bonchev–Trinajstić information content (AvgIpc) is 2.35. The highest BCUT2D eigenvalue weighted by atomic mass is 16.5. The van der Waals surface area contributed by atoms with Gasteiger partial charge in [0.15, 0.2) is 0 Å². The lowest BCUT2D eigenvalue weighted by Crippen LogP contribution is -2.33. The van der Waals surface area contributed by atoms with E-state index in [1.165, 1.54) is 19.3 Å². The molecule has 1 aromatic carbocycles. The monoisotopic (exact) mass is 262 g/mol. The van der Waals surface area contributed by atoms with E-state index < -0.39 is 0 Å². The van der Waals surface area contributed by atoms with Crippen molar-refractivity contribution in [2.75, 3.05) is 24.2 Å². The van der Waals surface area contributed by atoms with Crippen LogP contribution in [-0.4, -0.2) is 19.1 Å². The van der Waals surface area contributed by atoms with Gasteiger partial charge in [-0.3, -0.25) is 0 Å². The number of nitrogen functional groups attached to an aromatic ring is 1. The molecule has 0 unspecified atom stereocenters. The minimum absolute atomic E-state index is 0.327. The summed E-state index contributed by atoms with van der Waals surface area (Å²) >= 11 is 0. The van der Waals surface area contributed by atoms with E-state index in [0.717, 1.165) is 12.2 Å². The number of carbonyl (C=O) groups excluding carboxylic acids is 1. The number of rotatable bonds is 5. The number of ether oxygens (including phenoxy) is 1. The predicted molar refractivity (Wildman–Crippen MR) is 77.3 cm³/mol. The maximum atomic E-state index is 11.6. The molecule has 0 aromatic heterocycles. The minimum atomic E-state index is -0.327. The van der Waals surface area contributed by atoms with E-state index in [9.17, 15) is 4.79 Å². The van der Waals surface area contributed by atoms with Crippen molar-refractivity contribution in [2.24, 2.45) is 5.41 Å². The van der Waals surface area contributed by atoms with E-state index in [1.54, 1.807) is 19.1 Å². The van der Waals surface area contributed by atoms with Crippen LogP contribution in [0, 0.1) is 5.41 Å². The fourth-order valence-corrected chi connectivity index (χ4v) is 2.33. The summed E-state index contributed by atoms with van der Waals surface area (Å²) in [5, 5.41) is 3.38. The van der Waals surface area contributed by atoms with Gasteiger partial charge in [-0.25, -0.2) is 4.79 Å². The molecule has 2 rings (SSSR count). The van der Waals surface area contributed by atoms with Crippen LogP contribution in [0.5, 0.6) is 0 Å². The third-order valence-corrected chi connectivity index (χ3v) is 3.83. The van der Waals surface area contributed by atoms with Crippen molar-refractivity contribution in [3.8, 4) is 0 Å². The van der Waals surface area contributed by atoms with Gasteiger partial charge in [-0.05, 0) is 43.4 Å². The standard InChI is InChI=1S/C15H22N2O2/c1-3-19-14(18)11-5-6-13(12(16)9-11)17-10-15(2)7-4-8-15/h5-6,9,17H,3-4,7-8,10,16H2,1-2H3. The lowest BCUT2D eigenvalue weighted by molar-refractivity contribution is 0.0526. The van der Waals surface area contributed by atoms with Crippen molar-refractivity contribution in [1.29, 1.82) is 0 Å². The fraction of sp³-hybridized carbons (Fsp3) is 0.533. The highest BCUT2D eigenvalue weighted by Crippen LogP contribution is 2.40. The summed E-state index contributed by atoms with van der Waals surface area (Å²) in [6.45, 7) is 5.37. The van der Waals surface area contributed by atoms with Gasteiger partial charge < -0.3 is 15.8 Å². The van der Waals surface area contributed by atoms with E-state index in [-0.39, 0.29) is 5.97 Å². The van der Waals surface area contributed by atoms with Gasteiger partial charge >= 0.3 is 5.97 Å². The Hall–Kier alpha value is -1.71. The zero-order valence-electron chi connectivity index (χ0n) is 11.7. The van der Waals surface area contributed by atoms with Crippen molar-refractivity contribution in [3.05, 3.63) is 23.8 Å². The minimum Gasteiger partial charge on any atom is -0.462 e. The number of nitrogens with one attached hydrogen (secondary N) is 1. The van der Waals surface area contributed by atoms with Crippen LogP contribution in [0.3, 0.4) is 0 Å². The summed E-state index contributed by atoms with van der Waals surface area (Å²) < 4.78 is 4.95. The van der Waals surface area contributed by atoms with Crippen LogP contribution >= 0.6 is 0 Å². The molecule has 4 heteroatoms. The maximum Gasteiger partial charge on any atom is 0.338 e. The van der Waals surface area contributed by atoms with Gasteiger partial charge in [0.2, 0.25) is 0 Å². The van der Waals surface area contributed by atoms with E-state index in [4.69, 9.17) is 10.5 Å². The first kappa shape index (κ1) is 13.7. The van der Waals surface area contributed by atoms with Crippen LogP contribution in [-0.2, 0) is 4.74 Å². The molecule has 19 heavy (non-hydrogen) atoms. The number of hydrogen-bond donors (Lipinski definition) is 2. The molecule has 0 saturated heterocycles. The molecule has 0 heterocycles. The van der Waals surface area contributed by atoms with Gasteiger partial charge in [0, 0.05) is 6.54 Å². The molecule has 0 radical (unpaired) electrons. The van der Waals surface area contributed by atoms with Crippen LogP contribution in [0.2, 0.25) is 0 Å². The lowest BCUT2D eigenvalue weighted by Gasteiger charge is -2.38. The van der Waals surface area contributed by atoms with Gasteiger partial charge in [0.1, 0.15) is 0 Å². The molecule has 0 atom stereocenters. The smallest absolute Gasteiger partial charge is 0.338 e. The molecule has 1 fully saturated rings. The number of esters is 1. The van der Waals surface area contributed by atoms with Crippen molar-refractivity contribution in [1.82, 2.24) is 0 Å². The van der Waals surface area contributed by atoms with Crippen molar-refractivity contribution in [3.63, 3.8) is 0 Å². The first-order chi connectivity index (χ1) is 9.04. The van der Waals surface area contributed by atoms with Gasteiger partial charge in [0.25, 0.3) is 0 Å².